The molecule has 1 amide bonds. The van der Waals surface area contributed by atoms with Crippen molar-refractivity contribution in [1.82, 2.24) is 4.90 Å². The molecule has 0 heterocycles. The molecule has 0 unspecified atom stereocenters. The Morgan fingerprint density at radius 2 is 1.84 bits per heavy atom. The van der Waals surface area contributed by atoms with Gasteiger partial charge in [0, 0.05) is 30.8 Å². The molecule has 1 saturated carbocycles. The molecule has 0 atom stereocenters. The zero-order chi connectivity index (χ0) is 18.8. The summed E-state index contributed by atoms with van der Waals surface area (Å²) in [5, 5.41) is 19.9. The first kappa shape index (κ1) is 18.7. The Kier molecular flexibility index (Phi) is 5.29. The van der Waals surface area contributed by atoms with Crippen LogP contribution >= 0.6 is 0 Å². The molecule has 7 nitrogen and oxygen atoms in total. The Morgan fingerprint density at radius 3 is 2.32 bits per heavy atom. The number of nitro groups is 1. The van der Waals surface area contributed by atoms with Gasteiger partial charge < -0.3 is 10.0 Å². The van der Waals surface area contributed by atoms with Gasteiger partial charge in [-0.25, -0.2) is 4.79 Å². The summed E-state index contributed by atoms with van der Waals surface area (Å²) in [5.74, 6) is -2.21. The molecule has 0 radical (unpaired) electrons. The molecular weight excluding hydrogens is 345 g/mol. The van der Waals surface area contributed by atoms with Gasteiger partial charge in [-0.05, 0) is 24.8 Å². The van der Waals surface area contributed by atoms with Gasteiger partial charge in [0.1, 0.15) is 0 Å². The first-order valence-corrected chi connectivity index (χ1v) is 7.45. The van der Waals surface area contributed by atoms with Gasteiger partial charge >= 0.3 is 12.1 Å². The maximum Gasteiger partial charge on any atom is 0.390 e. The highest BCUT2D eigenvalue weighted by atomic mass is 19.4. The van der Waals surface area contributed by atoms with Crippen molar-refractivity contribution in [1.29, 1.82) is 0 Å². The fraction of sp³-hybridized carbons (Fsp3) is 0.467. The number of nitrogens with zero attached hydrogens (tertiary/aromatic N) is 2. The van der Waals surface area contributed by atoms with E-state index in [9.17, 15) is 32.9 Å². The van der Waals surface area contributed by atoms with E-state index in [0.717, 1.165) is 35.9 Å². The van der Waals surface area contributed by atoms with Crippen molar-refractivity contribution in [2.45, 2.75) is 25.4 Å². The molecule has 1 aliphatic rings. The molecule has 1 aromatic rings. The first-order chi connectivity index (χ1) is 11.6. The topological polar surface area (TPSA) is 101 Å². The van der Waals surface area contributed by atoms with Crippen molar-refractivity contribution in [3.8, 4) is 0 Å². The normalized spacial score (nSPS) is 14.2. The number of alkyl halides is 3. The lowest BCUT2D eigenvalue weighted by Gasteiger charge is -2.23. The van der Waals surface area contributed by atoms with Crippen molar-refractivity contribution in [3.63, 3.8) is 0 Å². The molecule has 0 bridgehead atoms. The number of halogens is 3. The van der Waals surface area contributed by atoms with Crippen molar-refractivity contribution >= 4 is 17.6 Å². The Hall–Kier alpha value is -2.65. The Balaban J connectivity index is 2.29. The molecule has 1 aliphatic carbocycles. The fourth-order valence-corrected chi connectivity index (χ4v) is 2.30. The summed E-state index contributed by atoms with van der Waals surface area (Å²) in [7, 11) is 0. The molecule has 0 aromatic heterocycles. The van der Waals surface area contributed by atoms with Crippen molar-refractivity contribution in [3.05, 3.63) is 39.4 Å². The molecule has 1 N–H and O–H groups in total. The highest BCUT2D eigenvalue weighted by Gasteiger charge is 2.33. The Labute approximate surface area is 140 Å². The highest BCUT2D eigenvalue weighted by Crippen LogP contribution is 2.31. The predicted molar refractivity (Wildman–Crippen MR) is 79.4 cm³/mol. The largest absolute Gasteiger partial charge is 0.478 e. The minimum Gasteiger partial charge on any atom is -0.478 e. The standard InChI is InChI=1S/C15H15F3N2O5/c16-15(17,18)3-4-19(8-9-1-2-9)13(21)10-5-11(14(22)23)7-12(6-10)20(24)25/h5-7,9H,1-4,8H2,(H,22,23). The summed E-state index contributed by atoms with van der Waals surface area (Å²) in [5.41, 5.74) is -1.39. The molecule has 0 spiro atoms. The maximum absolute atomic E-state index is 12.5. The van der Waals surface area contributed by atoms with Crippen LogP contribution in [0.25, 0.3) is 0 Å². The number of aromatic carboxylic acids is 1. The molecule has 1 fully saturated rings. The van der Waals surface area contributed by atoms with E-state index in [2.05, 4.69) is 0 Å². The van der Waals surface area contributed by atoms with Gasteiger partial charge in [-0.2, -0.15) is 13.2 Å². The lowest BCUT2D eigenvalue weighted by atomic mass is 10.1. The van der Waals surface area contributed by atoms with E-state index in [1.54, 1.807) is 0 Å². The van der Waals surface area contributed by atoms with E-state index in [1.807, 2.05) is 0 Å². The second-order valence-corrected chi connectivity index (χ2v) is 5.89. The molecule has 1 aromatic carbocycles. The smallest absolute Gasteiger partial charge is 0.390 e. The summed E-state index contributed by atoms with van der Waals surface area (Å²) in [6.45, 7) is -0.468. The fourth-order valence-electron chi connectivity index (χ4n) is 2.30. The zero-order valence-corrected chi connectivity index (χ0v) is 13.0. The number of rotatable bonds is 7. The molecule has 136 valence electrons. The van der Waals surface area contributed by atoms with Gasteiger partial charge in [-0.3, -0.25) is 14.9 Å². The molecule has 10 heteroatoms. The number of benzene rings is 1. The third-order valence-corrected chi connectivity index (χ3v) is 3.75. The summed E-state index contributed by atoms with van der Waals surface area (Å²) in [6, 6.07) is 2.60. The monoisotopic (exact) mass is 360 g/mol. The number of non-ortho nitro benzene ring substituents is 1. The van der Waals surface area contributed by atoms with E-state index < -0.39 is 47.2 Å². The third kappa shape index (κ3) is 5.44. The lowest BCUT2D eigenvalue weighted by molar-refractivity contribution is -0.384. The average molecular weight is 360 g/mol. The van der Waals surface area contributed by atoms with Crippen LogP contribution in [0.15, 0.2) is 18.2 Å². The quantitative estimate of drug-likeness (QED) is 0.595. The van der Waals surface area contributed by atoms with Crippen LogP contribution in [0.5, 0.6) is 0 Å². The van der Waals surface area contributed by atoms with Gasteiger partial charge in [0.15, 0.2) is 0 Å². The zero-order valence-electron chi connectivity index (χ0n) is 13.0. The number of carboxylic acid groups (broad SMARTS) is 1. The lowest BCUT2D eigenvalue weighted by Crippen LogP contribution is -2.36. The minimum absolute atomic E-state index is 0.106. The van der Waals surface area contributed by atoms with Gasteiger partial charge in [0.25, 0.3) is 11.6 Å². The maximum atomic E-state index is 12.5. The molecule has 0 aliphatic heterocycles. The summed E-state index contributed by atoms with van der Waals surface area (Å²) < 4.78 is 37.4. The van der Waals surface area contributed by atoms with Gasteiger partial charge in [-0.15, -0.1) is 0 Å². The van der Waals surface area contributed by atoms with Gasteiger partial charge in [0.2, 0.25) is 0 Å². The first-order valence-electron chi connectivity index (χ1n) is 7.45. The van der Waals surface area contributed by atoms with Crippen LogP contribution in [0.2, 0.25) is 0 Å². The number of carbonyl (C=O) groups excluding carboxylic acids is 1. The van der Waals surface area contributed by atoms with Crippen molar-refractivity contribution in [2.24, 2.45) is 5.92 Å². The summed E-state index contributed by atoms with van der Waals surface area (Å²) in [6.07, 6.45) is -4.06. The molecule has 2 rings (SSSR count). The van der Waals surface area contributed by atoms with Crippen LogP contribution in [-0.4, -0.2) is 46.1 Å². The van der Waals surface area contributed by atoms with E-state index in [-0.39, 0.29) is 18.0 Å². The number of amides is 1. The molecule has 25 heavy (non-hydrogen) atoms. The van der Waals surface area contributed by atoms with Crippen molar-refractivity contribution < 1.29 is 32.8 Å². The van der Waals surface area contributed by atoms with E-state index >= 15 is 0 Å². The third-order valence-electron chi connectivity index (χ3n) is 3.75. The van der Waals surface area contributed by atoms with E-state index in [0.29, 0.717) is 0 Å². The van der Waals surface area contributed by atoms with Crippen LogP contribution in [0.1, 0.15) is 40.0 Å². The molecule has 0 saturated heterocycles. The van der Waals surface area contributed by atoms with Gasteiger partial charge in [-0.1, -0.05) is 0 Å². The summed E-state index contributed by atoms with van der Waals surface area (Å²) in [4.78, 5) is 34.6. The number of carboxylic acids is 1. The Bertz CT molecular complexity index is 669. The number of nitro benzene ring substituents is 1. The van der Waals surface area contributed by atoms with E-state index in [4.69, 9.17) is 5.11 Å². The van der Waals surface area contributed by atoms with E-state index in [1.165, 1.54) is 0 Å². The SMILES string of the molecule is O=C(O)c1cc(C(=O)N(CCC(F)(F)F)CC2CC2)cc([N+](=O)[O-])c1. The van der Waals surface area contributed by atoms with Crippen molar-refractivity contribution in [2.75, 3.05) is 13.1 Å². The number of hydrogen-bond acceptors (Lipinski definition) is 4. The van der Waals surface area contributed by atoms with Crippen LogP contribution in [-0.2, 0) is 0 Å². The minimum atomic E-state index is -4.45. The van der Waals surface area contributed by atoms with Crippen LogP contribution in [0, 0.1) is 16.0 Å². The summed E-state index contributed by atoms with van der Waals surface area (Å²) >= 11 is 0. The molecular formula is C15H15F3N2O5. The number of hydrogen-bond donors (Lipinski definition) is 1. The second-order valence-electron chi connectivity index (χ2n) is 5.89. The Morgan fingerprint density at radius 1 is 1.24 bits per heavy atom. The van der Waals surface area contributed by atoms with Crippen LogP contribution < -0.4 is 0 Å². The predicted octanol–water partition coefficient (Wildman–Crippen LogP) is 3.10. The van der Waals surface area contributed by atoms with Gasteiger partial charge in [0.05, 0.1) is 16.9 Å². The number of carbonyl (C=O) groups is 2. The second kappa shape index (κ2) is 7.08. The average Bonchev–Trinajstić information content (AvgIpc) is 3.33. The highest BCUT2D eigenvalue weighted by molar-refractivity contribution is 5.98. The van der Waals surface area contributed by atoms with Crippen LogP contribution in [0.3, 0.4) is 0 Å². The van der Waals surface area contributed by atoms with Crippen LogP contribution in [0.4, 0.5) is 18.9 Å².